The van der Waals surface area contributed by atoms with E-state index in [0.29, 0.717) is 0 Å². The molecular weight excluding hydrogens is 679 g/mol. The van der Waals surface area contributed by atoms with Crippen LogP contribution in [0.25, 0.3) is 11.2 Å². The number of esters is 1. The summed E-state index contributed by atoms with van der Waals surface area (Å²) in [5.41, 5.74) is 1.03. The summed E-state index contributed by atoms with van der Waals surface area (Å²) in [6.45, 7) is 3.89. The molecule has 268 valence electrons. The molecule has 5 rings (SSSR count). The molecule has 0 bridgehead atoms. The first-order chi connectivity index (χ1) is 23.9. The molecular formula is C31H37N6O12P. The van der Waals surface area contributed by atoms with Crippen LogP contribution in [-0.2, 0) is 34.7 Å². The number of methoxy groups -OCH3 is 1. The van der Waals surface area contributed by atoms with Gasteiger partial charge in [-0.1, -0.05) is 48.5 Å². The van der Waals surface area contributed by atoms with Gasteiger partial charge in [-0.25, -0.2) is 14.3 Å². The van der Waals surface area contributed by atoms with Gasteiger partial charge in [-0.3, -0.25) is 13.9 Å². The van der Waals surface area contributed by atoms with Crippen molar-refractivity contribution in [2.45, 2.75) is 57.5 Å². The van der Waals surface area contributed by atoms with Gasteiger partial charge in [0, 0.05) is 0 Å². The predicted octanol–water partition coefficient (Wildman–Crippen LogP) is 2.81. The molecule has 18 nitrogen and oxygen atoms in total. The number of fused-ring (bicyclic) bond motifs is 1. The maximum absolute atomic E-state index is 13.9. The van der Waals surface area contributed by atoms with E-state index in [1.54, 1.807) is 49.4 Å². The number of aliphatic hydroxyl groups excluding tert-OH is 1. The second-order valence-electron chi connectivity index (χ2n) is 11.1. The number of ether oxygens (including phenoxy) is 4. The number of aromatic nitrogens is 4. The molecule has 1 aliphatic rings. The molecule has 0 saturated carbocycles. The van der Waals surface area contributed by atoms with Gasteiger partial charge in [0.1, 0.15) is 36.2 Å². The monoisotopic (exact) mass is 716 g/mol. The third-order valence-corrected chi connectivity index (χ3v) is 9.02. The standard InChI is InChI=1S/C31H37N6O12P/c1-5-44-27(39)19(2)36-50(42,49-21-14-10-7-11-15-21)46-17-22-24(38)31(3,41)28(47-22)37-18-32-23-25(37)33-29(34-26(23)43-4)48-35-30(40)45-16-20-12-8-6-9-13-20/h6-15,18-19,22,24,28,38,41H,5,16-17H2,1-4H3,(H,35,40)(H,36,42)/t19-,22+,24+,28+,31+,50?/m0/s1. The highest BCUT2D eigenvalue weighted by molar-refractivity contribution is 7.52. The first-order valence-electron chi connectivity index (χ1n) is 15.4. The van der Waals surface area contributed by atoms with Crippen molar-refractivity contribution in [3.63, 3.8) is 0 Å². The first-order valence-corrected chi connectivity index (χ1v) is 16.9. The third kappa shape index (κ3) is 8.47. The Morgan fingerprint density at radius 1 is 1.10 bits per heavy atom. The summed E-state index contributed by atoms with van der Waals surface area (Å²) in [4.78, 5) is 42.4. The molecule has 0 radical (unpaired) electrons. The summed E-state index contributed by atoms with van der Waals surface area (Å²) < 4.78 is 48.0. The number of rotatable bonds is 15. The van der Waals surface area contributed by atoms with Crippen LogP contribution in [0, 0.1) is 0 Å². The van der Waals surface area contributed by atoms with Crippen molar-refractivity contribution in [3.8, 4) is 17.6 Å². The topological polar surface area (TPSA) is 224 Å². The Bertz CT molecular complexity index is 1810. The maximum Gasteiger partial charge on any atom is 0.459 e. The number of carbonyl (C=O) groups excluding carboxylic acids is 2. The van der Waals surface area contributed by atoms with E-state index in [9.17, 15) is 24.4 Å². The number of nitrogens with one attached hydrogen (secondary N) is 2. The van der Waals surface area contributed by atoms with Gasteiger partial charge in [0.2, 0.25) is 5.88 Å². The quantitative estimate of drug-likeness (QED) is 0.0788. The lowest BCUT2D eigenvalue weighted by Crippen LogP contribution is -2.44. The number of aliphatic hydroxyl groups is 2. The number of nitrogens with zero attached hydrogens (tertiary/aromatic N) is 4. The van der Waals surface area contributed by atoms with E-state index in [1.807, 2.05) is 6.07 Å². The fourth-order valence-electron chi connectivity index (χ4n) is 4.89. The van der Waals surface area contributed by atoms with Crippen LogP contribution in [0.5, 0.6) is 17.6 Å². The number of hydrogen-bond donors (Lipinski definition) is 4. The molecule has 1 saturated heterocycles. The number of hydrogen-bond acceptors (Lipinski definition) is 15. The molecule has 1 unspecified atom stereocenters. The van der Waals surface area contributed by atoms with E-state index in [1.165, 1.54) is 44.0 Å². The van der Waals surface area contributed by atoms with Gasteiger partial charge in [-0.15, -0.1) is 5.48 Å². The maximum atomic E-state index is 13.9. The van der Waals surface area contributed by atoms with Crippen molar-refractivity contribution in [2.75, 3.05) is 20.3 Å². The molecule has 0 aliphatic carbocycles. The number of benzene rings is 2. The van der Waals surface area contributed by atoms with E-state index >= 15 is 0 Å². The Morgan fingerprint density at radius 2 is 1.80 bits per heavy atom. The third-order valence-electron chi connectivity index (χ3n) is 7.38. The van der Waals surface area contributed by atoms with Crippen LogP contribution < -0.4 is 24.7 Å². The zero-order valence-electron chi connectivity index (χ0n) is 27.5. The van der Waals surface area contributed by atoms with Crippen LogP contribution in [0.4, 0.5) is 4.79 Å². The lowest BCUT2D eigenvalue weighted by atomic mass is 9.96. The molecule has 19 heteroatoms. The van der Waals surface area contributed by atoms with Crippen LogP contribution in [0.2, 0.25) is 0 Å². The van der Waals surface area contributed by atoms with Crippen molar-refractivity contribution >= 4 is 31.0 Å². The Balaban J connectivity index is 1.32. The normalized spacial score (nSPS) is 21.9. The lowest BCUT2D eigenvalue weighted by Gasteiger charge is -2.27. The first kappa shape index (κ1) is 36.4. The molecule has 1 aliphatic heterocycles. The summed E-state index contributed by atoms with van der Waals surface area (Å²) in [6, 6.07) is 15.6. The van der Waals surface area contributed by atoms with Gasteiger partial charge in [0.05, 0.1) is 26.7 Å². The molecule has 50 heavy (non-hydrogen) atoms. The summed E-state index contributed by atoms with van der Waals surface area (Å²) in [6.07, 6.45) is -3.86. The molecule has 3 heterocycles. The summed E-state index contributed by atoms with van der Waals surface area (Å²) >= 11 is 0. The van der Waals surface area contributed by atoms with Crippen molar-refractivity contribution in [1.82, 2.24) is 30.1 Å². The zero-order valence-corrected chi connectivity index (χ0v) is 28.4. The lowest BCUT2D eigenvalue weighted by molar-refractivity contribution is -0.144. The minimum atomic E-state index is -4.31. The smallest absolute Gasteiger partial charge is 0.459 e. The molecule has 2 aromatic heterocycles. The molecule has 4 aromatic rings. The van der Waals surface area contributed by atoms with Crippen LogP contribution in [0.3, 0.4) is 0 Å². The van der Waals surface area contributed by atoms with Gasteiger partial charge >= 0.3 is 25.8 Å². The largest absolute Gasteiger partial charge is 0.479 e. The van der Waals surface area contributed by atoms with Crippen LogP contribution in [0.1, 0.15) is 32.6 Å². The van der Waals surface area contributed by atoms with Gasteiger partial charge in [0.15, 0.2) is 17.4 Å². The van der Waals surface area contributed by atoms with Crippen molar-refractivity contribution in [2.24, 2.45) is 0 Å². The fraction of sp³-hybridized carbons (Fsp3) is 0.387. The summed E-state index contributed by atoms with van der Waals surface area (Å²) in [5, 5.41) is 25.2. The Labute approximate surface area is 286 Å². The molecule has 1 amide bonds. The number of imidazole rings is 1. The highest BCUT2D eigenvalue weighted by Crippen LogP contribution is 2.47. The Kier molecular flexibility index (Phi) is 11.5. The average molecular weight is 717 g/mol. The number of para-hydroxylation sites is 1. The highest BCUT2D eigenvalue weighted by Gasteiger charge is 2.54. The van der Waals surface area contributed by atoms with Crippen LogP contribution in [-0.4, -0.2) is 86.0 Å². The zero-order chi connectivity index (χ0) is 35.9. The van der Waals surface area contributed by atoms with E-state index in [2.05, 4.69) is 25.5 Å². The van der Waals surface area contributed by atoms with Crippen molar-refractivity contribution in [3.05, 3.63) is 72.6 Å². The molecule has 6 atom stereocenters. The van der Waals surface area contributed by atoms with Gasteiger partial charge in [-0.2, -0.15) is 15.1 Å². The van der Waals surface area contributed by atoms with Gasteiger partial charge in [-0.05, 0) is 38.5 Å². The molecule has 1 fully saturated rings. The van der Waals surface area contributed by atoms with E-state index in [-0.39, 0.29) is 42.0 Å². The summed E-state index contributed by atoms with van der Waals surface area (Å²) in [7, 11) is -2.98. The average Bonchev–Trinajstić information content (AvgIpc) is 3.62. The van der Waals surface area contributed by atoms with Crippen molar-refractivity contribution < 1.29 is 57.2 Å². The minimum absolute atomic E-state index is 0.0123. The highest BCUT2D eigenvalue weighted by atomic mass is 31.2. The molecule has 0 spiro atoms. The predicted molar refractivity (Wildman–Crippen MR) is 173 cm³/mol. The second-order valence-corrected chi connectivity index (χ2v) is 12.8. The number of hydroxylamine groups is 1. The summed E-state index contributed by atoms with van der Waals surface area (Å²) in [5.74, 6) is -0.560. The molecule has 2 aromatic carbocycles. The number of carbonyl (C=O) groups is 2. The number of amides is 1. The Morgan fingerprint density at radius 3 is 2.48 bits per heavy atom. The van der Waals surface area contributed by atoms with E-state index in [0.717, 1.165) is 5.56 Å². The SMILES string of the molecule is CCOC(=O)[C@H](C)NP(=O)(OC[C@H]1O[C@@H](n2cnc3c(OC)nc(ONC(=O)OCc4ccccc4)nc32)[C@](C)(O)[C@@H]1O)Oc1ccccc1. The van der Waals surface area contributed by atoms with Crippen molar-refractivity contribution in [1.29, 1.82) is 0 Å². The Hall–Kier alpha value is -4.84. The van der Waals surface area contributed by atoms with Crippen LogP contribution >= 0.6 is 7.75 Å². The van der Waals surface area contributed by atoms with Gasteiger partial charge in [0.25, 0.3) is 0 Å². The fourth-order valence-corrected chi connectivity index (χ4v) is 6.39. The van der Waals surface area contributed by atoms with Gasteiger partial charge < -0.3 is 38.5 Å². The van der Waals surface area contributed by atoms with E-state index < -0.39 is 56.5 Å². The second kappa shape index (κ2) is 15.8. The van der Waals surface area contributed by atoms with E-state index in [4.69, 9.17) is 32.8 Å². The van der Waals surface area contributed by atoms with Crippen LogP contribution in [0.15, 0.2) is 67.0 Å². The molecule has 4 N–H and O–H groups in total. The minimum Gasteiger partial charge on any atom is -0.479 e.